The van der Waals surface area contributed by atoms with E-state index < -0.39 is 5.97 Å². The second-order valence-electron chi connectivity index (χ2n) is 5.58. The Morgan fingerprint density at radius 3 is 2.36 bits per heavy atom. The molecule has 0 amide bonds. The molecule has 0 atom stereocenters. The van der Waals surface area contributed by atoms with Gasteiger partial charge in [-0.1, -0.05) is 30.4 Å². The first-order valence-corrected chi connectivity index (χ1v) is 8.51. The Hall–Kier alpha value is -3.59. The smallest absolute Gasteiger partial charge is 0.349 e. The maximum absolute atomic E-state index is 13.1. The number of carbonyl (C=O) groups excluding carboxylic acids is 1. The van der Waals surface area contributed by atoms with Crippen molar-refractivity contribution in [2.75, 3.05) is 20.8 Å². The number of methoxy groups -OCH3 is 2. The third-order valence-corrected chi connectivity index (χ3v) is 3.87. The second kappa shape index (κ2) is 9.93. The minimum absolute atomic E-state index is 0.144. The van der Waals surface area contributed by atoms with Gasteiger partial charge in [0.15, 0.2) is 11.5 Å². The fourth-order valence-corrected chi connectivity index (χ4v) is 2.50. The molecule has 0 bridgehead atoms. The number of ether oxygens (including phenoxy) is 3. The van der Waals surface area contributed by atoms with Crippen LogP contribution in [0.25, 0.3) is 11.6 Å². The van der Waals surface area contributed by atoms with Crippen molar-refractivity contribution >= 4 is 17.6 Å². The SMILES string of the molecule is CCOC(=O)/C(C#N)=C(/C=C/c1ccc(F)cc1)c1ccc(OC)c(OC)c1. The van der Waals surface area contributed by atoms with E-state index in [1.807, 2.05) is 6.07 Å². The Labute approximate surface area is 163 Å². The van der Waals surface area contributed by atoms with Gasteiger partial charge < -0.3 is 14.2 Å². The van der Waals surface area contributed by atoms with E-state index in [0.29, 0.717) is 28.2 Å². The second-order valence-corrected chi connectivity index (χ2v) is 5.58. The molecule has 0 unspecified atom stereocenters. The molecule has 2 aromatic carbocycles. The summed E-state index contributed by atoms with van der Waals surface area (Å²) in [5, 5.41) is 9.57. The number of hydrogen-bond donors (Lipinski definition) is 0. The molecule has 0 saturated carbocycles. The molecule has 0 fully saturated rings. The fourth-order valence-electron chi connectivity index (χ4n) is 2.50. The lowest BCUT2D eigenvalue weighted by Gasteiger charge is -2.12. The predicted octanol–water partition coefficient (Wildman–Crippen LogP) is 4.40. The van der Waals surface area contributed by atoms with Crippen molar-refractivity contribution in [1.82, 2.24) is 0 Å². The zero-order chi connectivity index (χ0) is 20.5. The van der Waals surface area contributed by atoms with Gasteiger partial charge in [0.25, 0.3) is 0 Å². The first kappa shape index (κ1) is 20.7. The van der Waals surface area contributed by atoms with Crippen LogP contribution in [0.4, 0.5) is 4.39 Å². The van der Waals surface area contributed by atoms with E-state index in [1.165, 1.54) is 26.4 Å². The number of hydrogen-bond acceptors (Lipinski definition) is 5. The highest BCUT2D eigenvalue weighted by Gasteiger charge is 2.18. The lowest BCUT2D eigenvalue weighted by Crippen LogP contribution is -2.08. The summed E-state index contributed by atoms with van der Waals surface area (Å²) in [5.41, 5.74) is 1.49. The summed E-state index contributed by atoms with van der Waals surface area (Å²) in [5.74, 6) is -0.104. The van der Waals surface area contributed by atoms with Crippen LogP contribution in [0.15, 0.2) is 54.1 Å². The summed E-state index contributed by atoms with van der Waals surface area (Å²) in [7, 11) is 3.01. The zero-order valence-corrected chi connectivity index (χ0v) is 15.9. The van der Waals surface area contributed by atoms with Gasteiger partial charge in [-0.2, -0.15) is 5.26 Å². The lowest BCUT2D eigenvalue weighted by atomic mass is 9.98. The molecule has 0 spiro atoms. The summed E-state index contributed by atoms with van der Waals surface area (Å²) in [4.78, 5) is 12.3. The zero-order valence-electron chi connectivity index (χ0n) is 15.9. The van der Waals surface area contributed by atoms with E-state index in [1.54, 1.807) is 49.4 Å². The summed E-state index contributed by atoms with van der Waals surface area (Å²) in [6.07, 6.45) is 3.30. The monoisotopic (exact) mass is 381 g/mol. The number of esters is 1. The minimum Gasteiger partial charge on any atom is -0.493 e. The normalized spacial score (nSPS) is 11.5. The average molecular weight is 381 g/mol. The number of carbonyl (C=O) groups is 1. The van der Waals surface area contributed by atoms with E-state index in [9.17, 15) is 14.4 Å². The van der Waals surface area contributed by atoms with Crippen LogP contribution in [0.3, 0.4) is 0 Å². The molecule has 2 aromatic rings. The van der Waals surface area contributed by atoms with Crippen molar-refractivity contribution in [2.45, 2.75) is 6.92 Å². The van der Waals surface area contributed by atoms with Crippen molar-refractivity contribution in [3.05, 3.63) is 71.1 Å². The third kappa shape index (κ3) is 4.98. The molecular weight excluding hydrogens is 361 g/mol. The first-order chi connectivity index (χ1) is 13.5. The van der Waals surface area contributed by atoms with Crippen molar-refractivity contribution < 1.29 is 23.4 Å². The highest BCUT2D eigenvalue weighted by atomic mass is 19.1. The average Bonchev–Trinajstić information content (AvgIpc) is 2.71. The van der Waals surface area contributed by atoms with Gasteiger partial charge in [-0.05, 0) is 42.3 Å². The van der Waals surface area contributed by atoms with E-state index >= 15 is 0 Å². The molecule has 5 nitrogen and oxygen atoms in total. The number of halogens is 1. The molecule has 0 heterocycles. The Balaban J connectivity index is 2.60. The number of rotatable bonds is 7. The highest BCUT2D eigenvalue weighted by molar-refractivity contribution is 6.04. The van der Waals surface area contributed by atoms with Crippen LogP contribution in [-0.4, -0.2) is 26.8 Å². The van der Waals surface area contributed by atoms with E-state index in [4.69, 9.17) is 14.2 Å². The number of benzene rings is 2. The number of nitriles is 1. The molecule has 6 heteroatoms. The lowest BCUT2D eigenvalue weighted by molar-refractivity contribution is -0.137. The molecule has 0 aromatic heterocycles. The molecule has 0 aliphatic heterocycles. The Bertz CT molecular complexity index is 940. The van der Waals surface area contributed by atoms with Crippen molar-refractivity contribution in [2.24, 2.45) is 0 Å². The van der Waals surface area contributed by atoms with Gasteiger partial charge in [0, 0.05) is 5.57 Å². The van der Waals surface area contributed by atoms with Crippen molar-refractivity contribution in [1.29, 1.82) is 5.26 Å². The molecule has 0 aliphatic carbocycles. The molecule has 0 N–H and O–H groups in total. The van der Waals surface area contributed by atoms with E-state index in [-0.39, 0.29) is 18.0 Å². The van der Waals surface area contributed by atoms with E-state index in [2.05, 4.69) is 0 Å². The third-order valence-electron chi connectivity index (χ3n) is 3.87. The van der Waals surface area contributed by atoms with Crippen LogP contribution in [0.5, 0.6) is 11.5 Å². The minimum atomic E-state index is -0.724. The molecule has 0 aliphatic rings. The van der Waals surface area contributed by atoms with Gasteiger partial charge in [-0.15, -0.1) is 0 Å². The van der Waals surface area contributed by atoms with Crippen LogP contribution in [-0.2, 0) is 9.53 Å². The summed E-state index contributed by atoms with van der Waals surface area (Å²) in [6.45, 7) is 1.81. The molecule has 0 radical (unpaired) electrons. The molecule has 2 rings (SSSR count). The van der Waals surface area contributed by atoms with Gasteiger partial charge in [0.05, 0.1) is 20.8 Å². The standard InChI is InChI=1S/C22H20FNO4/c1-4-28-22(25)19(14-24)18(11-7-15-5-9-17(23)10-6-15)16-8-12-20(26-2)21(13-16)27-3/h5-13H,4H2,1-3H3/b11-7+,19-18-. The summed E-state index contributed by atoms with van der Waals surface area (Å²) >= 11 is 0. The molecular formula is C22H20FNO4. The molecule has 28 heavy (non-hydrogen) atoms. The summed E-state index contributed by atoms with van der Waals surface area (Å²) in [6, 6.07) is 12.8. The Morgan fingerprint density at radius 2 is 1.79 bits per heavy atom. The largest absolute Gasteiger partial charge is 0.493 e. The maximum atomic E-state index is 13.1. The van der Waals surface area contributed by atoms with Crippen LogP contribution < -0.4 is 9.47 Å². The Kier molecular flexibility index (Phi) is 7.35. The van der Waals surface area contributed by atoms with Gasteiger partial charge in [0.2, 0.25) is 0 Å². The Morgan fingerprint density at radius 1 is 1.11 bits per heavy atom. The molecule has 0 saturated heterocycles. The highest BCUT2D eigenvalue weighted by Crippen LogP contribution is 2.32. The van der Waals surface area contributed by atoms with Gasteiger partial charge in [0.1, 0.15) is 17.5 Å². The van der Waals surface area contributed by atoms with E-state index in [0.717, 1.165) is 0 Å². The predicted molar refractivity (Wildman–Crippen MR) is 104 cm³/mol. The number of allylic oxidation sites excluding steroid dienone is 2. The fraction of sp³-hybridized carbons (Fsp3) is 0.182. The topological polar surface area (TPSA) is 68.6 Å². The molecule has 144 valence electrons. The number of nitrogens with zero attached hydrogens (tertiary/aromatic N) is 1. The van der Waals surface area contributed by atoms with Gasteiger partial charge >= 0.3 is 5.97 Å². The van der Waals surface area contributed by atoms with Crippen LogP contribution in [0, 0.1) is 17.1 Å². The maximum Gasteiger partial charge on any atom is 0.349 e. The van der Waals surface area contributed by atoms with Gasteiger partial charge in [-0.3, -0.25) is 0 Å². The van der Waals surface area contributed by atoms with Crippen molar-refractivity contribution in [3.8, 4) is 17.6 Å². The van der Waals surface area contributed by atoms with Crippen LogP contribution in [0.2, 0.25) is 0 Å². The first-order valence-electron chi connectivity index (χ1n) is 8.51. The van der Waals surface area contributed by atoms with Crippen molar-refractivity contribution in [3.63, 3.8) is 0 Å². The van der Waals surface area contributed by atoms with Gasteiger partial charge in [-0.25, -0.2) is 9.18 Å². The van der Waals surface area contributed by atoms with Crippen LogP contribution >= 0.6 is 0 Å². The van der Waals surface area contributed by atoms with Crippen LogP contribution in [0.1, 0.15) is 18.1 Å². The quantitative estimate of drug-likeness (QED) is 0.308. The summed E-state index contributed by atoms with van der Waals surface area (Å²) < 4.78 is 28.7.